The van der Waals surface area contributed by atoms with Crippen LogP contribution in [0.25, 0.3) is 10.9 Å². The van der Waals surface area contributed by atoms with Crippen LogP contribution >= 0.6 is 0 Å². The number of aryl methyl sites for hydroxylation is 2. The summed E-state index contributed by atoms with van der Waals surface area (Å²) < 4.78 is 11.5. The second-order valence-corrected chi connectivity index (χ2v) is 8.51. The highest BCUT2D eigenvalue weighted by Gasteiger charge is 2.16. The molecule has 4 aromatic rings. The zero-order chi connectivity index (χ0) is 23.3. The molecule has 0 aliphatic carbocycles. The minimum atomic E-state index is 0.506. The van der Waals surface area contributed by atoms with Crippen LogP contribution in [0.3, 0.4) is 0 Å². The van der Waals surface area contributed by atoms with E-state index in [4.69, 9.17) is 14.5 Å². The number of anilines is 2. The quantitative estimate of drug-likeness (QED) is 0.412. The van der Waals surface area contributed by atoms with Gasteiger partial charge in [0.05, 0.1) is 32.1 Å². The molecule has 176 valence electrons. The zero-order valence-electron chi connectivity index (χ0n) is 19.7. The average Bonchev–Trinajstić information content (AvgIpc) is 3.16. The van der Waals surface area contributed by atoms with Gasteiger partial charge in [0.15, 0.2) is 0 Å². The topological polar surface area (TPSA) is 88.2 Å². The Labute approximate surface area is 199 Å². The fourth-order valence-corrected chi connectivity index (χ4v) is 4.10. The van der Waals surface area contributed by atoms with E-state index in [-0.39, 0.29) is 0 Å². The van der Waals surface area contributed by atoms with E-state index in [2.05, 4.69) is 57.2 Å². The summed E-state index contributed by atoms with van der Waals surface area (Å²) in [4.78, 5) is 19.4. The summed E-state index contributed by atoms with van der Waals surface area (Å²) in [6, 6.07) is 14.2. The molecule has 0 bridgehead atoms. The fourth-order valence-electron chi connectivity index (χ4n) is 4.10. The van der Waals surface area contributed by atoms with E-state index >= 15 is 0 Å². The Balaban J connectivity index is 1.32. The number of nitrogens with one attached hydrogen (secondary N) is 2. The van der Waals surface area contributed by atoms with Gasteiger partial charge in [0.1, 0.15) is 0 Å². The number of hydrogen-bond donors (Lipinski definition) is 2. The summed E-state index contributed by atoms with van der Waals surface area (Å²) in [7, 11) is 0. The summed E-state index contributed by atoms with van der Waals surface area (Å²) in [5.74, 6) is 1.26. The van der Waals surface area contributed by atoms with Crippen LogP contribution in [0.15, 0.2) is 48.7 Å². The molecule has 1 aromatic carbocycles. The minimum Gasteiger partial charge on any atom is -0.477 e. The lowest BCUT2D eigenvalue weighted by atomic mass is 10.1. The molecule has 8 nitrogen and oxygen atoms in total. The number of aromatic amines is 1. The first-order valence-corrected chi connectivity index (χ1v) is 11.7. The first kappa shape index (κ1) is 22.2. The van der Waals surface area contributed by atoms with Crippen molar-refractivity contribution in [3.05, 3.63) is 71.3 Å². The highest BCUT2D eigenvalue weighted by Crippen LogP contribution is 2.25. The highest BCUT2D eigenvalue weighted by atomic mass is 16.5. The summed E-state index contributed by atoms with van der Waals surface area (Å²) >= 11 is 0. The van der Waals surface area contributed by atoms with Crippen molar-refractivity contribution in [1.82, 2.24) is 19.9 Å². The Morgan fingerprint density at radius 2 is 1.94 bits per heavy atom. The van der Waals surface area contributed by atoms with Gasteiger partial charge in [-0.05, 0) is 49.7 Å². The average molecular weight is 459 g/mol. The lowest BCUT2D eigenvalue weighted by Gasteiger charge is -2.27. The molecule has 4 heterocycles. The van der Waals surface area contributed by atoms with Gasteiger partial charge in [-0.25, -0.2) is 4.98 Å². The number of rotatable bonds is 8. The Morgan fingerprint density at radius 3 is 2.76 bits per heavy atom. The maximum atomic E-state index is 6.03. The van der Waals surface area contributed by atoms with Crippen LogP contribution in [0.1, 0.15) is 22.6 Å². The van der Waals surface area contributed by atoms with Crippen molar-refractivity contribution in [3.63, 3.8) is 0 Å². The van der Waals surface area contributed by atoms with Crippen molar-refractivity contribution in [2.75, 3.05) is 43.1 Å². The normalized spacial score (nSPS) is 13.9. The first-order chi connectivity index (χ1) is 16.7. The van der Waals surface area contributed by atoms with Crippen molar-refractivity contribution in [2.24, 2.45) is 0 Å². The zero-order valence-corrected chi connectivity index (χ0v) is 19.7. The van der Waals surface area contributed by atoms with E-state index in [0.717, 1.165) is 42.1 Å². The summed E-state index contributed by atoms with van der Waals surface area (Å²) in [6.07, 6.45) is 2.52. The molecule has 0 radical (unpaired) electrons. The van der Waals surface area contributed by atoms with Gasteiger partial charge in [-0.3, -0.25) is 4.98 Å². The Morgan fingerprint density at radius 1 is 1.06 bits per heavy atom. The van der Waals surface area contributed by atoms with Gasteiger partial charge in [0.2, 0.25) is 11.8 Å². The monoisotopic (exact) mass is 458 g/mol. The minimum absolute atomic E-state index is 0.506. The first-order valence-electron chi connectivity index (χ1n) is 11.7. The molecule has 3 aromatic heterocycles. The maximum Gasteiger partial charge on any atom is 0.229 e. The Kier molecular flexibility index (Phi) is 6.58. The maximum absolute atomic E-state index is 6.03. The van der Waals surface area contributed by atoms with E-state index in [1.165, 1.54) is 16.6 Å². The summed E-state index contributed by atoms with van der Waals surface area (Å²) in [5.41, 5.74) is 6.56. The second kappa shape index (κ2) is 10.1. The number of H-pyrrole nitrogens is 1. The molecule has 0 unspecified atom stereocenters. The lowest BCUT2D eigenvalue weighted by Crippen LogP contribution is -2.37. The largest absolute Gasteiger partial charge is 0.477 e. The number of morpholine rings is 1. The molecule has 0 atom stereocenters. The number of benzene rings is 1. The molecule has 1 aliphatic heterocycles. The summed E-state index contributed by atoms with van der Waals surface area (Å²) in [5, 5.41) is 4.75. The van der Waals surface area contributed by atoms with Crippen molar-refractivity contribution in [2.45, 2.75) is 26.8 Å². The third kappa shape index (κ3) is 5.12. The molecule has 5 rings (SSSR count). The van der Waals surface area contributed by atoms with Crippen LogP contribution in [0.4, 0.5) is 11.6 Å². The van der Waals surface area contributed by atoms with Gasteiger partial charge in [0, 0.05) is 59.8 Å². The molecule has 1 saturated heterocycles. The molecule has 0 saturated carbocycles. The van der Waals surface area contributed by atoms with Crippen molar-refractivity contribution >= 4 is 22.5 Å². The Hall–Kier alpha value is -3.65. The number of pyridine rings is 1. The van der Waals surface area contributed by atoms with E-state index in [1.54, 1.807) is 6.20 Å². The number of fused-ring (bicyclic) bond motifs is 1. The van der Waals surface area contributed by atoms with Crippen molar-refractivity contribution in [1.29, 1.82) is 0 Å². The van der Waals surface area contributed by atoms with E-state index in [1.807, 2.05) is 24.3 Å². The number of ether oxygens (including phenoxy) is 2. The van der Waals surface area contributed by atoms with Gasteiger partial charge in [0.25, 0.3) is 0 Å². The SMILES string of the molecule is Cc1[nH]c2ccc(NCc3cc(OCCc4ccccn4)nc(N4CCOCC4)n3)cc2c1C. The molecule has 0 amide bonds. The third-order valence-electron chi connectivity index (χ3n) is 6.15. The van der Waals surface area contributed by atoms with E-state index in [9.17, 15) is 0 Å². The summed E-state index contributed by atoms with van der Waals surface area (Å²) in [6.45, 7) is 8.22. The molecule has 1 aliphatic rings. The molecular formula is C26H30N6O2. The molecule has 2 N–H and O–H groups in total. The predicted octanol–water partition coefficient (Wildman–Crippen LogP) is 4.04. The third-order valence-corrected chi connectivity index (χ3v) is 6.15. The molecular weight excluding hydrogens is 428 g/mol. The van der Waals surface area contributed by atoms with Crippen LogP contribution in [0.5, 0.6) is 5.88 Å². The fraction of sp³-hybridized carbons (Fsp3) is 0.346. The van der Waals surface area contributed by atoms with Gasteiger partial charge >= 0.3 is 0 Å². The van der Waals surface area contributed by atoms with Crippen molar-refractivity contribution < 1.29 is 9.47 Å². The second-order valence-electron chi connectivity index (χ2n) is 8.51. The highest BCUT2D eigenvalue weighted by molar-refractivity contribution is 5.87. The Bertz CT molecular complexity index is 1250. The number of hydrogen-bond acceptors (Lipinski definition) is 7. The lowest BCUT2D eigenvalue weighted by molar-refractivity contribution is 0.122. The number of aromatic nitrogens is 4. The smallest absolute Gasteiger partial charge is 0.229 e. The molecule has 1 fully saturated rings. The molecule has 8 heteroatoms. The van der Waals surface area contributed by atoms with Gasteiger partial charge in [-0.1, -0.05) is 6.07 Å². The van der Waals surface area contributed by atoms with Crippen molar-refractivity contribution in [3.8, 4) is 5.88 Å². The van der Waals surface area contributed by atoms with Crippen LogP contribution in [-0.2, 0) is 17.7 Å². The van der Waals surface area contributed by atoms with Gasteiger partial charge in [-0.2, -0.15) is 4.98 Å². The molecule has 0 spiro atoms. The van der Waals surface area contributed by atoms with Crippen LogP contribution < -0.4 is 15.0 Å². The predicted molar refractivity (Wildman–Crippen MR) is 134 cm³/mol. The molecule has 34 heavy (non-hydrogen) atoms. The number of nitrogens with zero attached hydrogens (tertiary/aromatic N) is 4. The van der Waals surface area contributed by atoms with Gasteiger partial charge in [-0.15, -0.1) is 0 Å². The van der Waals surface area contributed by atoms with Crippen LogP contribution in [0.2, 0.25) is 0 Å². The van der Waals surface area contributed by atoms with Crippen LogP contribution in [0, 0.1) is 13.8 Å². The van der Waals surface area contributed by atoms with Gasteiger partial charge < -0.3 is 24.7 Å². The van der Waals surface area contributed by atoms with E-state index in [0.29, 0.717) is 38.2 Å². The van der Waals surface area contributed by atoms with E-state index < -0.39 is 0 Å². The van der Waals surface area contributed by atoms with Crippen LogP contribution in [-0.4, -0.2) is 52.8 Å². The standard InChI is InChI=1S/C26H30N6O2/c1-18-19(2)29-24-7-6-21(15-23(18)24)28-17-22-16-25(34-12-8-20-5-3-4-9-27-20)31-26(30-22)32-10-13-33-14-11-32/h3-7,9,15-16,28-29H,8,10-14,17H2,1-2H3.